The molecular formula is C16H15ClN4O2. The topological polar surface area (TPSA) is 72.8 Å². The van der Waals surface area contributed by atoms with Gasteiger partial charge in [0.15, 0.2) is 5.65 Å². The molecule has 4 rings (SSSR count). The lowest BCUT2D eigenvalue weighted by Gasteiger charge is -2.22. The third kappa shape index (κ3) is 2.64. The third-order valence-electron chi connectivity index (χ3n) is 4.12. The summed E-state index contributed by atoms with van der Waals surface area (Å²) in [5.74, 6) is 0.521. The molecule has 7 heteroatoms. The van der Waals surface area contributed by atoms with E-state index in [0.717, 1.165) is 18.4 Å². The van der Waals surface area contributed by atoms with Crippen LogP contribution in [-0.2, 0) is 4.74 Å². The SMILES string of the molecule is O=c1[nH]c(-c2ccc(Cl)cc2)nc2c1cnn2C1CCOCC1. The number of aromatic nitrogens is 4. The van der Waals surface area contributed by atoms with Gasteiger partial charge in [-0.15, -0.1) is 0 Å². The number of nitrogens with one attached hydrogen (secondary N) is 1. The first kappa shape index (κ1) is 14.4. The van der Waals surface area contributed by atoms with E-state index in [2.05, 4.69) is 15.1 Å². The van der Waals surface area contributed by atoms with Gasteiger partial charge in [-0.05, 0) is 37.1 Å². The highest BCUT2D eigenvalue weighted by Gasteiger charge is 2.20. The van der Waals surface area contributed by atoms with Gasteiger partial charge in [0.05, 0.1) is 12.2 Å². The summed E-state index contributed by atoms with van der Waals surface area (Å²) in [6, 6.07) is 7.44. The lowest BCUT2D eigenvalue weighted by molar-refractivity contribution is 0.0673. The zero-order chi connectivity index (χ0) is 15.8. The Labute approximate surface area is 137 Å². The van der Waals surface area contributed by atoms with Crippen LogP contribution in [0.2, 0.25) is 5.02 Å². The van der Waals surface area contributed by atoms with Gasteiger partial charge >= 0.3 is 0 Å². The first-order valence-corrected chi connectivity index (χ1v) is 7.91. The van der Waals surface area contributed by atoms with E-state index >= 15 is 0 Å². The average Bonchev–Trinajstić information content (AvgIpc) is 3.01. The quantitative estimate of drug-likeness (QED) is 0.784. The number of rotatable bonds is 2. The Hall–Kier alpha value is -2.18. The number of benzene rings is 1. The molecule has 1 fully saturated rings. The number of H-pyrrole nitrogens is 1. The van der Waals surface area contributed by atoms with Gasteiger partial charge in [0.25, 0.3) is 5.56 Å². The lowest BCUT2D eigenvalue weighted by atomic mass is 10.1. The number of hydrogen-bond donors (Lipinski definition) is 1. The fraction of sp³-hybridized carbons (Fsp3) is 0.312. The van der Waals surface area contributed by atoms with Crippen molar-refractivity contribution in [2.45, 2.75) is 18.9 Å². The molecule has 0 radical (unpaired) electrons. The molecule has 0 atom stereocenters. The maximum atomic E-state index is 12.3. The van der Waals surface area contributed by atoms with E-state index in [1.807, 2.05) is 16.8 Å². The molecule has 3 heterocycles. The molecule has 1 aliphatic heterocycles. The van der Waals surface area contributed by atoms with Gasteiger partial charge in [0.1, 0.15) is 11.2 Å². The molecule has 0 amide bonds. The normalized spacial score (nSPS) is 16.0. The van der Waals surface area contributed by atoms with Crippen molar-refractivity contribution >= 4 is 22.6 Å². The summed E-state index contributed by atoms with van der Waals surface area (Å²) >= 11 is 5.92. The fourth-order valence-electron chi connectivity index (χ4n) is 2.88. The molecule has 118 valence electrons. The highest BCUT2D eigenvalue weighted by molar-refractivity contribution is 6.30. The van der Waals surface area contributed by atoms with Gasteiger partial charge in [-0.25, -0.2) is 9.67 Å². The number of ether oxygens (including phenoxy) is 1. The van der Waals surface area contributed by atoms with E-state index in [1.165, 1.54) is 0 Å². The van der Waals surface area contributed by atoms with Crippen molar-refractivity contribution in [3.63, 3.8) is 0 Å². The van der Waals surface area contributed by atoms with Gasteiger partial charge in [0.2, 0.25) is 0 Å². The molecule has 1 N–H and O–H groups in total. The van der Waals surface area contributed by atoms with Crippen LogP contribution in [0.15, 0.2) is 35.3 Å². The first-order valence-electron chi connectivity index (χ1n) is 7.53. The molecule has 1 aliphatic rings. The molecule has 0 spiro atoms. The summed E-state index contributed by atoms with van der Waals surface area (Å²) in [6.07, 6.45) is 3.34. The zero-order valence-corrected chi connectivity index (χ0v) is 13.1. The molecule has 1 aromatic carbocycles. The van der Waals surface area contributed by atoms with Crippen molar-refractivity contribution in [1.82, 2.24) is 19.7 Å². The first-order chi connectivity index (χ1) is 11.2. The Morgan fingerprint density at radius 3 is 2.70 bits per heavy atom. The largest absolute Gasteiger partial charge is 0.381 e. The van der Waals surface area contributed by atoms with Crippen LogP contribution in [0.25, 0.3) is 22.4 Å². The maximum Gasteiger partial charge on any atom is 0.262 e. The van der Waals surface area contributed by atoms with E-state index in [0.29, 0.717) is 35.1 Å². The monoisotopic (exact) mass is 330 g/mol. The van der Waals surface area contributed by atoms with Crippen LogP contribution in [0.5, 0.6) is 0 Å². The third-order valence-corrected chi connectivity index (χ3v) is 4.37. The number of aromatic amines is 1. The second kappa shape index (κ2) is 5.79. The van der Waals surface area contributed by atoms with Crippen molar-refractivity contribution in [2.24, 2.45) is 0 Å². The minimum absolute atomic E-state index is 0.182. The van der Waals surface area contributed by atoms with E-state index in [9.17, 15) is 4.79 Å². The summed E-state index contributed by atoms with van der Waals surface area (Å²) in [5.41, 5.74) is 1.25. The van der Waals surface area contributed by atoms with Crippen LogP contribution >= 0.6 is 11.6 Å². The van der Waals surface area contributed by atoms with Gasteiger partial charge in [-0.1, -0.05) is 11.6 Å². The second-order valence-electron chi connectivity index (χ2n) is 5.59. The fourth-order valence-corrected chi connectivity index (χ4v) is 3.00. The predicted molar refractivity (Wildman–Crippen MR) is 87.7 cm³/mol. The molecular weight excluding hydrogens is 316 g/mol. The highest BCUT2D eigenvalue weighted by atomic mass is 35.5. The average molecular weight is 331 g/mol. The molecule has 3 aromatic rings. The summed E-state index contributed by atoms with van der Waals surface area (Å²) in [4.78, 5) is 19.8. The van der Waals surface area contributed by atoms with Crippen molar-refractivity contribution in [3.8, 4) is 11.4 Å². The Kier molecular flexibility index (Phi) is 3.63. The van der Waals surface area contributed by atoms with Crippen LogP contribution in [0, 0.1) is 0 Å². The van der Waals surface area contributed by atoms with Gasteiger partial charge in [-0.3, -0.25) is 4.79 Å². The Bertz CT molecular complexity index is 895. The van der Waals surface area contributed by atoms with E-state index < -0.39 is 0 Å². The second-order valence-corrected chi connectivity index (χ2v) is 6.03. The van der Waals surface area contributed by atoms with Gasteiger partial charge in [-0.2, -0.15) is 5.10 Å². The van der Waals surface area contributed by atoms with Gasteiger partial charge in [0, 0.05) is 23.8 Å². The summed E-state index contributed by atoms with van der Waals surface area (Å²) in [6.45, 7) is 1.42. The van der Waals surface area contributed by atoms with Crippen molar-refractivity contribution in [1.29, 1.82) is 0 Å². The summed E-state index contributed by atoms with van der Waals surface area (Å²) in [5, 5.41) is 5.54. The van der Waals surface area contributed by atoms with Crippen molar-refractivity contribution in [3.05, 3.63) is 45.8 Å². The minimum atomic E-state index is -0.182. The van der Waals surface area contributed by atoms with E-state index in [1.54, 1.807) is 18.3 Å². The van der Waals surface area contributed by atoms with Gasteiger partial charge < -0.3 is 9.72 Å². The van der Waals surface area contributed by atoms with Crippen molar-refractivity contribution in [2.75, 3.05) is 13.2 Å². The Morgan fingerprint density at radius 2 is 1.96 bits per heavy atom. The van der Waals surface area contributed by atoms with Crippen LogP contribution in [0.1, 0.15) is 18.9 Å². The number of hydrogen-bond acceptors (Lipinski definition) is 4. The van der Waals surface area contributed by atoms with Crippen LogP contribution in [0.4, 0.5) is 0 Å². The lowest BCUT2D eigenvalue weighted by Crippen LogP contribution is -2.21. The summed E-state index contributed by atoms with van der Waals surface area (Å²) in [7, 11) is 0. The molecule has 23 heavy (non-hydrogen) atoms. The van der Waals surface area contributed by atoms with Crippen molar-refractivity contribution < 1.29 is 4.74 Å². The Balaban J connectivity index is 1.84. The Morgan fingerprint density at radius 1 is 1.22 bits per heavy atom. The minimum Gasteiger partial charge on any atom is -0.381 e. The number of nitrogens with zero attached hydrogens (tertiary/aromatic N) is 3. The summed E-state index contributed by atoms with van der Waals surface area (Å²) < 4.78 is 7.25. The molecule has 0 aliphatic carbocycles. The van der Waals surface area contributed by atoms with Crippen LogP contribution < -0.4 is 5.56 Å². The smallest absolute Gasteiger partial charge is 0.262 e. The van der Waals surface area contributed by atoms with Crippen LogP contribution in [-0.4, -0.2) is 33.0 Å². The molecule has 0 unspecified atom stereocenters. The standard InChI is InChI=1S/C16H15ClN4O2/c17-11-3-1-10(2-4-11)14-19-15-13(16(22)20-14)9-18-21(15)12-5-7-23-8-6-12/h1-4,9,12H,5-8H2,(H,19,20,22). The molecule has 1 saturated heterocycles. The molecule has 0 bridgehead atoms. The number of halogens is 1. The zero-order valence-electron chi connectivity index (χ0n) is 12.3. The molecule has 0 saturated carbocycles. The van der Waals surface area contributed by atoms with E-state index in [4.69, 9.17) is 16.3 Å². The highest BCUT2D eigenvalue weighted by Crippen LogP contribution is 2.24. The molecule has 6 nitrogen and oxygen atoms in total. The predicted octanol–water partition coefficient (Wildman–Crippen LogP) is 2.79. The maximum absolute atomic E-state index is 12.3. The number of fused-ring (bicyclic) bond motifs is 1. The van der Waals surface area contributed by atoms with E-state index in [-0.39, 0.29) is 11.6 Å². The van der Waals surface area contributed by atoms with Crippen LogP contribution in [0.3, 0.4) is 0 Å². The molecule has 2 aromatic heterocycles.